The zero-order valence-corrected chi connectivity index (χ0v) is 10.9. The molecule has 1 aromatic rings. The third-order valence-electron chi connectivity index (χ3n) is 1.48. The van der Waals surface area contributed by atoms with Crippen molar-refractivity contribution >= 4 is 31.9 Å². The van der Waals surface area contributed by atoms with Crippen LogP contribution in [0.15, 0.2) is 21.1 Å². The summed E-state index contributed by atoms with van der Waals surface area (Å²) in [7, 11) is 0. The molecule has 0 spiro atoms. The Bertz CT molecular complexity index is 345. The number of hydrogen-bond donors (Lipinski definition) is 0. The van der Waals surface area contributed by atoms with E-state index in [1.807, 2.05) is 0 Å². The van der Waals surface area contributed by atoms with E-state index in [-0.39, 0.29) is 11.5 Å². The molecule has 0 bridgehead atoms. The molecule has 0 amide bonds. The maximum Gasteiger partial charge on any atom is 0.387 e. The van der Waals surface area contributed by atoms with Crippen LogP contribution in [0.4, 0.5) is 8.78 Å². The summed E-state index contributed by atoms with van der Waals surface area (Å²) in [5.74, 6) is 0.286. The lowest BCUT2D eigenvalue weighted by atomic mass is 10.3. The summed E-state index contributed by atoms with van der Waals surface area (Å²) in [6, 6.07) is 3.13. The molecular formula is C9H8Br2F2O2. The van der Waals surface area contributed by atoms with E-state index < -0.39 is 6.61 Å². The van der Waals surface area contributed by atoms with E-state index in [4.69, 9.17) is 4.74 Å². The third kappa shape index (κ3) is 3.61. The zero-order valence-electron chi connectivity index (χ0n) is 7.77. The van der Waals surface area contributed by atoms with Crippen molar-refractivity contribution < 1.29 is 18.3 Å². The molecule has 0 unspecified atom stereocenters. The number of benzene rings is 1. The van der Waals surface area contributed by atoms with Crippen LogP contribution < -0.4 is 9.47 Å². The molecule has 1 aromatic carbocycles. The van der Waals surface area contributed by atoms with Gasteiger partial charge in [-0.15, -0.1) is 0 Å². The van der Waals surface area contributed by atoms with Gasteiger partial charge in [-0.1, -0.05) is 15.9 Å². The van der Waals surface area contributed by atoms with Crippen molar-refractivity contribution in [1.82, 2.24) is 0 Å². The molecule has 0 N–H and O–H groups in total. The molecule has 1 rings (SSSR count). The van der Waals surface area contributed by atoms with E-state index in [2.05, 4.69) is 36.6 Å². The Morgan fingerprint density at radius 1 is 1.33 bits per heavy atom. The standard InChI is InChI=1S/C9H8Br2F2O2/c1-2-14-8-6(11)3-5(10)4-7(8)15-9(12)13/h3-4,9H,2H2,1H3. The van der Waals surface area contributed by atoms with Crippen molar-refractivity contribution in [2.24, 2.45) is 0 Å². The average molecular weight is 346 g/mol. The van der Waals surface area contributed by atoms with Crippen LogP contribution in [0.25, 0.3) is 0 Å². The lowest BCUT2D eigenvalue weighted by Crippen LogP contribution is -2.05. The first-order chi connectivity index (χ1) is 7.04. The van der Waals surface area contributed by atoms with Gasteiger partial charge in [0.15, 0.2) is 11.5 Å². The first kappa shape index (κ1) is 12.7. The zero-order chi connectivity index (χ0) is 11.4. The second-order valence-electron chi connectivity index (χ2n) is 2.53. The number of hydrogen-bond acceptors (Lipinski definition) is 2. The van der Waals surface area contributed by atoms with Crippen molar-refractivity contribution in [2.75, 3.05) is 6.61 Å². The van der Waals surface area contributed by atoms with Crippen molar-refractivity contribution in [3.8, 4) is 11.5 Å². The minimum atomic E-state index is -2.87. The number of alkyl halides is 2. The maximum atomic E-state index is 12.1. The third-order valence-corrected chi connectivity index (χ3v) is 2.53. The van der Waals surface area contributed by atoms with Gasteiger partial charge in [0.1, 0.15) is 0 Å². The number of halogens is 4. The van der Waals surface area contributed by atoms with Crippen LogP contribution in [-0.4, -0.2) is 13.2 Å². The molecule has 6 heteroatoms. The summed E-state index contributed by atoms with van der Waals surface area (Å²) in [6.45, 7) is -0.731. The Morgan fingerprint density at radius 3 is 2.53 bits per heavy atom. The molecule has 0 heterocycles. The Morgan fingerprint density at radius 2 is 2.00 bits per heavy atom. The molecule has 15 heavy (non-hydrogen) atoms. The quantitative estimate of drug-likeness (QED) is 0.813. The fourth-order valence-electron chi connectivity index (χ4n) is 1.00. The molecule has 0 saturated heterocycles. The number of ether oxygens (including phenoxy) is 2. The molecule has 0 aliphatic carbocycles. The van der Waals surface area contributed by atoms with Crippen LogP contribution in [0.5, 0.6) is 11.5 Å². The van der Waals surface area contributed by atoms with Gasteiger partial charge in [-0.3, -0.25) is 0 Å². The normalized spacial score (nSPS) is 10.5. The predicted molar refractivity (Wildman–Crippen MR) is 59.6 cm³/mol. The molecular weight excluding hydrogens is 338 g/mol. The Balaban J connectivity index is 3.08. The summed E-state index contributed by atoms with van der Waals surface area (Å²) in [5.41, 5.74) is 0. The van der Waals surface area contributed by atoms with Gasteiger partial charge in [0.05, 0.1) is 11.1 Å². The van der Waals surface area contributed by atoms with Gasteiger partial charge in [0.2, 0.25) is 0 Å². The molecule has 84 valence electrons. The summed E-state index contributed by atoms with van der Waals surface area (Å²) >= 11 is 6.39. The van der Waals surface area contributed by atoms with Crippen LogP contribution in [0.1, 0.15) is 6.92 Å². The minimum absolute atomic E-state index is 0.00750. The summed E-state index contributed by atoms with van der Waals surface area (Å²) in [4.78, 5) is 0. The Hall–Kier alpha value is -0.360. The molecule has 0 aliphatic rings. The van der Waals surface area contributed by atoms with Gasteiger partial charge >= 0.3 is 6.61 Å². The molecule has 0 radical (unpaired) electrons. The van der Waals surface area contributed by atoms with E-state index in [0.717, 1.165) is 0 Å². The molecule has 0 fully saturated rings. The van der Waals surface area contributed by atoms with Gasteiger partial charge in [0.25, 0.3) is 0 Å². The molecule has 0 aliphatic heterocycles. The van der Waals surface area contributed by atoms with Crippen molar-refractivity contribution in [1.29, 1.82) is 0 Å². The second-order valence-corrected chi connectivity index (χ2v) is 4.30. The van der Waals surface area contributed by atoms with Gasteiger partial charge in [0, 0.05) is 4.47 Å². The van der Waals surface area contributed by atoms with E-state index in [9.17, 15) is 8.78 Å². The van der Waals surface area contributed by atoms with Crippen LogP contribution in [-0.2, 0) is 0 Å². The molecule has 0 aromatic heterocycles. The van der Waals surface area contributed by atoms with E-state index in [1.165, 1.54) is 6.07 Å². The topological polar surface area (TPSA) is 18.5 Å². The van der Waals surface area contributed by atoms with Gasteiger partial charge in [-0.05, 0) is 35.0 Å². The fourth-order valence-corrected chi connectivity index (χ4v) is 2.31. The Labute approximate surface area is 103 Å². The fraction of sp³-hybridized carbons (Fsp3) is 0.333. The van der Waals surface area contributed by atoms with Crippen LogP contribution >= 0.6 is 31.9 Å². The van der Waals surface area contributed by atoms with Crippen LogP contribution in [0, 0.1) is 0 Å². The maximum absolute atomic E-state index is 12.1. The smallest absolute Gasteiger partial charge is 0.387 e. The summed E-state index contributed by atoms with van der Waals surface area (Å²) in [6.07, 6.45) is 0. The highest BCUT2D eigenvalue weighted by molar-refractivity contribution is 9.11. The Kier molecular flexibility index (Phi) is 4.79. The van der Waals surface area contributed by atoms with Crippen LogP contribution in [0.3, 0.4) is 0 Å². The lowest BCUT2D eigenvalue weighted by molar-refractivity contribution is -0.0515. The lowest BCUT2D eigenvalue weighted by Gasteiger charge is -2.13. The average Bonchev–Trinajstić information content (AvgIpc) is 2.10. The van der Waals surface area contributed by atoms with Crippen molar-refractivity contribution in [3.63, 3.8) is 0 Å². The van der Waals surface area contributed by atoms with E-state index >= 15 is 0 Å². The highest BCUT2D eigenvalue weighted by Crippen LogP contribution is 2.39. The molecule has 0 saturated carbocycles. The first-order valence-electron chi connectivity index (χ1n) is 4.11. The first-order valence-corrected chi connectivity index (χ1v) is 5.69. The largest absolute Gasteiger partial charge is 0.489 e. The minimum Gasteiger partial charge on any atom is -0.489 e. The monoisotopic (exact) mass is 344 g/mol. The second kappa shape index (κ2) is 5.65. The van der Waals surface area contributed by atoms with Crippen LogP contribution in [0.2, 0.25) is 0 Å². The van der Waals surface area contributed by atoms with Gasteiger partial charge < -0.3 is 9.47 Å². The van der Waals surface area contributed by atoms with E-state index in [1.54, 1.807) is 13.0 Å². The SMILES string of the molecule is CCOc1c(Br)cc(Br)cc1OC(F)F. The van der Waals surface area contributed by atoms with Gasteiger partial charge in [-0.25, -0.2) is 0 Å². The highest BCUT2D eigenvalue weighted by Gasteiger charge is 2.14. The molecule has 2 nitrogen and oxygen atoms in total. The molecule has 0 atom stereocenters. The van der Waals surface area contributed by atoms with Crippen molar-refractivity contribution in [3.05, 3.63) is 21.1 Å². The predicted octanol–water partition coefficient (Wildman–Crippen LogP) is 4.21. The number of rotatable bonds is 4. The van der Waals surface area contributed by atoms with Crippen molar-refractivity contribution in [2.45, 2.75) is 13.5 Å². The highest BCUT2D eigenvalue weighted by atomic mass is 79.9. The summed E-state index contributed by atoms with van der Waals surface area (Å²) < 4.78 is 34.9. The van der Waals surface area contributed by atoms with E-state index in [0.29, 0.717) is 15.6 Å². The van der Waals surface area contributed by atoms with Gasteiger partial charge in [-0.2, -0.15) is 8.78 Å². The summed E-state index contributed by atoms with van der Waals surface area (Å²) in [5, 5.41) is 0.